The molecule has 0 atom stereocenters. The first-order chi connectivity index (χ1) is 12.8. The van der Waals surface area contributed by atoms with Crippen LogP contribution in [0.4, 0.5) is 0 Å². The first kappa shape index (κ1) is 20.5. The number of carbonyl (C=O) groups is 2. The molecule has 0 radical (unpaired) electrons. The van der Waals surface area contributed by atoms with Crippen LogP contribution in [-0.4, -0.2) is 40.8 Å². The predicted octanol–water partition coefficient (Wildman–Crippen LogP) is 2.22. The van der Waals surface area contributed by atoms with Crippen molar-refractivity contribution < 1.29 is 14.3 Å². The number of hydrogen-bond donors (Lipinski definition) is 2. The number of aryl methyl sites for hydroxylation is 3. The van der Waals surface area contributed by atoms with Crippen LogP contribution in [0.1, 0.15) is 42.0 Å². The summed E-state index contributed by atoms with van der Waals surface area (Å²) in [5.74, 6) is 0.210. The van der Waals surface area contributed by atoms with Crippen LogP contribution in [-0.2, 0) is 11.3 Å². The van der Waals surface area contributed by atoms with Crippen molar-refractivity contribution in [2.24, 2.45) is 0 Å². The van der Waals surface area contributed by atoms with E-state index in [0.29, 0.717) is 17.9 Å². The first-order valence-electron chi connectivity index (χ1n) is 9.18. The SMILES string of the molecule is Cc1cc(C)n(CCCNC(=O)CNC(=O)c2ccc(OC(C)C)cc2)n1. The van der Waals surface area contributed by atoms with Crippen LogP contribution in [0.3, 0.4) is 0 Å². The van der Waals surface area contributed by atoms with E-state index in [1.165, 1.54) is 0 Å². The number of benzene rings is 1. The Morgan fingerprint density at radius 2 is 1.85 bits per heavy atom. The zero-order valence-electron chi connectivity index (χ0n) is 16.4. The second-order valence-corrected chi connectivity index (χ2v) is 6.73. The quantitative estimate of drug-likeness (QED) is 0.661. The van der Waals surface area contributed by atoms with E-state index in [2.05, 4.69) is 15.7 Å². The fourth-order valence-corrected chi connectivity index (χ4v) is 2.64. The molecule has 0 saturated heterocycles. The Morgan fingerprint density at radius 1 is 1.15 bits per heavy atom. The highest BCUT2D eigenvalue weighted by atomic mass is 16.5. The van der Waals surface area contributed by atoms with E-state index in [-0.39, 0.29) is 24.5 Å². The minimum absolute atomic E-state index is 0.0526. The molecule has 0 aliphatic heterocycles. The Morgan fingerprint density at radius 3 is 2.44 bits per heavy atom. The third-order valence-corrected chi connectivity index (χ3v) is 3.87. The van der Waals surface area contributed by atoms with Gasteiger partial charge in [-0.25, -0.2) is 0 Å². The second-order valence-electron chi connectivity index (χ2n) is 6.73. The fraction of sp³-hybridized carbons (Fsp3) is 0.450. The molecule has 0 unspecified atom stereocenters. The van der Waals surface area contributed by atoms with Crippen molar-refractivity contribution in [3.8, 4) is 5.75 Å². The van der Waals surface area contributed by atoms with Crippen LogP contribution >= 0.6 is 0 Å². The summed E-state index contributed by atoms with van der Waals surface area (Å²) in [5, 5.41) is 9.80. The van der Waals surface area contributed by atoms with Gasteiger partial charge in [-0.3, -0.25) is 14.3 Å². The van der Waals surface area contributed by atoms with Crippen molar-refractivity contribution in [1.29, 1.82) is 0 Å². The van der Waals surface area contributed by atoms with Crippen molar-refractivity contribution in [2.45, 2.75) is 46.8 Å². The van der Waals surface area contributed by atoms with E-state index < -0.39 is 0 Å². The van der Waals surface area contributed by atoms with Crippen molar-refractivity contribution in [3.63, 3.8) is 0 Å². The van der Waals surface area contributed by atoms with Crippen molar-refractivity contribution in [1.82, 2.24) is 20.4 Å². The van der Waals surface area contributed by atoms with Crippen molar-refractivity contribution >= 4 is 11.8 Å². The number of ether oxygens (including phenoxy) is 1. The summed E-state index contributed by atoms with van der Waals surface area (Å²) in [4.78, 5) is 24.0. The Labute approximate surface area is 160 Å². The maximum atomic E-state index is 12.1. The molecule has 0 spiro atoms. The van der Waals surface area contributed by atoms with Gasteiger partial charge < -0.3 is 15.4 Å². The third-order valence-electron chi connectivity index (χ3n) is 3.87. The van der Waals surface area contributed by atoms with Crippen LogP contribution in [0.15, 0.2) is 30.3 Å². The van der Waals surface area contributed by atoms with Gasteiger partial charge in [-0.2, -0.15) is 5.10 Å². The highest BCUT2D eigenvalue weighted by Gasteiger charge is 2.08. The molecular weight excluding hydrogens is 344 g/mol. The lowest BCUT2D eigenvalue weighted by Gasteiger charge is -2.10. The van der Waals surface area contributed by atoms with Crippen LogP contribution < -0.4 is 15.4 Å². The van der Waals surface area contributed by atoms with E-state index in [0.717, 1.165) is 24.4 Å². The van der Waals surface area contributed by atoms with Crippen molar-refractivity contribution in [3.05, 3.63) is 47.3 Å². The fourth-order valence-electron chi connectivity index (χ4n) is 2.64. The molecular formula is C20H28N4O3. The van der Waals surface area contributed by atoms with Crippen LogP contribution in [0.2, 0.25) is 0 Å². The largest absolute Gasteiger partial charge is 0.491 e. The smallest absolute Gasteiger partial charge is 0.251 e. The summed E-state index contributed by atoms with van der Waals surface area (Å²) in [6, 6.07) is 8.87. The monoisotopic (exact) mass is 372 g/mol. The predicted molar refractivity (Wildman–Crippen MR) is 104 cm³/mol. The summed E-state index contributed by atoms with van der Waals surface area (Å²) < 4.78 is 7.47. The number of nitrogens with one attached hydrogen (secondary N) is 2. The normalized spacial score (nSPS) is 10.7. The summed E-state index contributed by atoms with van der Waals surface area (Å²) in [6.07, 6.45) is 0.855. The van der Waals surface area contributed by atoms with Gasteiger partial charge >= 0.3 is 0 Å². The molecule has 1 aromatic carbocycles. The molecule has 0 saturated carbocycles. The molecule has 0 fully saturated rings. The number of carbonyl (C=O) groups excluding carboxylic acids is 2. The molecule has 0 bridgehead atoms. The van der Waals surface area contributed by atoms with Gasteiger partial charge in [-0.15, -0.1) is 0 Å². The molecule has 2 aromatic rings. The highest BCUT2D eigenvalue weighted by molar-refractivity contribution is 5.96. The van der Waals surface area contributed by atoms with Crippen LogP contribution in [0.5, 0.6) is 5.75 Å². The van der Waals surface area contributed by atoms with Gasteiger partial charge in [-0.05, 0) is 64.4 Å². The Bertz CT molecular complexity index is 766. The van der Waals surface area contributed by atoms with Crippen LogP contribution in [0, 0.1) is 13.8 Å². The molecule has 2 amide bonds. The zero-order valence-corrected chi connectivity index (χ0v) is 16.4. The summed E-state index contributed by atoms with van der Waals surface area (Å²) in [5.41, 5.74) is 2.59. The van der Waals surface area contributed by atoms with E-state index in [1.54, 1.807) is 24.3 Å². The Kier molecular flexibility index (Phi) is 7.40. The third kappa shape index (κ3) is 6.77. The van der Waals surface area contributed by atoms with E-state index in [1.807, 2.05) is 38.4 Å². The second kappa shape index (κ2) is 9.75. The molecule has 2 N–H and O–H groups in total. The summed E-state index contributed by atoms with van der Waals surface area (Å²) in [6.45, 7) is 9.08. The van der Waals surface area contributed by atoms with Crippen LogP contribution in [0.25, 0.3) is 0 Å². The van der Waals surface area contributed by atoms with E-state index >= 15 is 0 Å². The van der Waals surface area contributed by atoms with E-state index in [4.69, 9.17) is 4.74 Å². The topological polar surface area (TPSA) is 85.2 Å². The molecule has 1 heterocycles. The van der Waals surface area contributed by atoms with Crippen molar-refractivity contribution in [2.75, 3.05) is 13.1 Å². The minimum Gasteiger partial charge on any atom is -0.491 e. The first-order valence-corrected chi connectivity index (χ1v) is 9.18. The number of rotatable bonds is 9. The van der Waals surface area contributed by atoms with Gasteiger partial charge in [0, 0.05) is 24.3 Å². The van der Waals surface area contributed by atoms with Gasteiger partial charge in [0.1, 0.15) is 5.75 Å². The summed E-state index contributed by atoms with van der Waals surface area (Å²) >= 11 is 0. The number of hydrogen-bond acceptors (Lipinski definition) is 4. The zero-order chi connectivity index (χ0) is 19.8. The minimum atomic E-state index is -0.288. The average molecular weight is 372 g/mol. The molecule has 7 heteroatoms. The maximum absolute atomic E-state index is 12.1. The van der Waals surface area contributed by atoms with Gasteiger partial charge in [0.2, 0.25) is 5.91 Å². The lowest BCUT2D eigenvalue weighted by molar-refractivity contribution is -0.120. The number of nitrogens with zero attached hydrogens (tertiary/aromatic N) is 2. The lowest BCUT2D eigenvalue weighted by Crippen LogP contribution is -2.37. The average Bonchev–Trinajstić information content (AvgIpc) is 2.94. The van der Waals surface area contributed by atoms with E-state index in [9.17, 15) is 9.59 Å². The maximum Gasteiger partial charge on any atom is 0.251 e. The standard InChI is InChI=1S/C20H28N4O3/c1-14(2)27-18-8-6-17(7-9-18)20(26)22-13-19(25)21-10-5-11-24-16(4)12-15(3)23-24/h6-9,12,14H,5,10-11,13H2,1-4H3,(H,21,25)(H,22,26). The molecule has 146 valence electrons. The molecule has 2 rings (SSSR count). The summed E-state index contributed by atoms with van der Waals surface area (Å²) in [7, 11) is 0. The number of aromatic nitrogens is 2. The molecule has 7 nitrogen and oxygen atoms in total. The Balaban J connectivity index is 1.67. The molecule has 27 heavy (non-hydrogen) atoms. The Hall–Kier alpha value is -2.83. The molecule has 0 aliphatic rings. The lowest BCUT2D eigenvalue weighted by atomic mass is 10.2. The van der Waals surface area contributed by atoms with Gasteiger partial charge in [-0.1, -0.05) is 0 Å². The van der Waals surface area contributed by atoms with Gasteiger partial charge in [0.05, 0.1) is 18.3 Å². The molecule has 1 aromatic heterocycles. The van der Waals surface area contributed by atoms with Gasteiger partial charge in [0.15, 0.2) is 0 Å². The molecule has 0 aliphatic carbocycles. The van der Waals surface area contributed by atoms with Gasteiger partial charge in [0.25, 0.3) is 5.91 Å². The number of amides is 2. The highest BCUT2D eigenvalue weighted by Crippen LogP contribution is 2.13.